The average Bonchev–Trinajstić information content (AvgIpc) is 2.41. The molecule has 0 saturated carbocycles. The van der Waals surface area contributed by atoms with Crippen molar-refractivity contribution in [2.24, 2.45) is 5.92 Å². The van der Waals surface area contributed by atoms with Crippen molar-refractivity contribution in [3.05, 3.63) is 35.6 Å². The highest BCUT2D eigenvalue weighted by Crippen LogP contribution is 2.20. The maximum Gasteiger partial charge on any atom is 0.123 e. The Labute approximate surface area is 121 Å². The van der Waals surface area contributed by atoms with Crippen LogP contribution in [0.15, 0.2) is 24.3 Å². The van der Waals surface area contributed by atoms with E-state index in [-0.39, 0.29) is 5.82 Å². The van der Waals surface area contributed by atoms with Gasteiger partial charge < -0.3 is 10.1 Å². The van der Waals surface area contributed by atoms with Crippen LogP contribution in [0.25, 0.3) is 0 Å². The van der Waals surface area contributed by atoms with Crippen LogP contribution in [0.3, 0.4) is 0 Å². The van der Waals surface area contributed by atoms with Crippen molar-refractivity contribution in [2.75, 3.05) is 6.61 Å². The van der Waals surface area contributed by atoms with Gasteiger partial charge in [-0.2, -0.15) is 0 Å². The minimum absolute atomic E-state index is 0.168. The number of rotatable bonds is 5. The first kappa shape index (κ1) is 15.5. The summed E-state index contributed by atoms with van der Waals surface area (Å²) in [6.07, 6.45) is 3.48. The van der Waals surface area contributed by atoms with E-state index in [4.69, 9.17) is 4.74 Å². The summed E-state index contributed by atoms with van der Waals surface area (Å²) in [7, 11) is 0. The fourth-order valence-electron chi connectivity index (χ4n) is 2.88. The zero-order chi connectivity index (χ0) is 14.5. The van der Waals surface area contributed by atoms with Crippen LogP contribution in [0.2, 0.25) is 0 Å². The average molecular weight is 279 g/mol. The smallest absolute Gasteiger partial charge is 0.123 e. The Morgan fingerprint density at radius 1 is 1.25 bits per heavy atom. The molecule has 0 radical (unpaired) electrons. The summed E-state index contributed by atoms with van der Waals surface area (Å²) in [5.74, 6) is 0.408. The summed E-state index contributed by atoms with van der Waals surface area (Å²) >= 11 is 0. The molecule has 0 bridgehead atoms. The van der Waals surface area contributed by atoms with Crippen molar-refractivity contribution >= 4 is 0 Å². The first-order valence-corrected chi connectivity index (χ1v) is 7.66. The molecule has 0 amide bonds. The third-order valence-corrected chi connectivity index (χ3v) is 4.03. The summed E-state index contributed by atoms with van der Waals surface area (Å²) in [4.78, 5) is 0. The zero-order valence-corrected chi connectivity index (χ0v) is 12.7. The number of halogens is 1. The van der Waals surface area contributed by atoms with Gasteiger partial charge in [-0.15, -0.1) is 0 Å². The standard InChI is InChI=1S/C17H26FNO/c1-12(2)17-11-16(8-9-20-17)19-13(3)10-14-4-6-15(18)7-5-14/h4-7,12-13,16-17,19H,8-11H2,1-3H3. The predicted molar refractivity (Wildman–Crippen MR) is 80.3 cm³/mol. The van der Waals surface area contributed by atoms with E-state index in [0.29, 0.717) is 24.1 Å². The van der Waals surface area contributed by atoms with Crippen molar-refractivity contribution in [2.45, 2.75) is 58.2 Å². The third kappa shape index (κ3) is 4.57. The molecule has 2 nitrogen and oxygen atoms in total. The van der Waals surface area contributed by atoms with E-state index < -0.39 is 0 Å². The third-order valence-electron chi connectivity index (χ3n) is 4.03. The molecule has 1 aromatic rings. The highest BCUT2D eigenvalue weighted by Gasteiger charge is 2.25. The molecule has 1 aromatic carbocycles. The topological polar surface area (TPSA) is 21.3 Å². The fourth-order valence-corrected chi connectivity index (χ4v) is 2.88. The number of nitrogens with one attached hydrogen (secondary N) is 1. The van der Waals surface area contributed by atoms with Crippen LogP contribution in [0.5, 0.6) is 0 Å². The van der Waals surface area contributed by atoms with E-state index in [1.807, 2.05) is 12.1 Å². The molecule has 1 aliphatic rings. The van der Waals surface area contributed by atoms with Crippen LogP contribution >= 0.6 is 0 Å². The molecule has 1 fully saturated rings. The molecule has 3 unspecified atom stereocenters. The lowest BCUT2D eigenvalue weighted by Crippen LogP contribution is -2.45. The Bertz CT molecular complexity index is 404. The van der Waals surface area contributed by atoms with Crippen LogP contribution in [-0.2, 0) is 11.2 Å². The normalized spacial score (nSPS) is 24.9. The Hall–Kier alpha value is -0.930. The number of hydrogen-bond acceptors (Lipinski definition) is 2. The molecule has 3 atom stereocenters. The summed E-state index contributed by atoms with van der Waals surface area (Å²) < 4.78 is 18.7. The Kier molecular flexibility index (Phi) is 5.55. The molecule has 1 aliphatic heterocycles. The predicted octanol–water partition coefficient (Wildman–Crippen LogP) is 3.55. The van der Waals surface area contributed by atoms with Crippen molar-refractivity contribution < 1.29 is 9.13 Å². The minimum Gasteiger partial charge on any atom is -0.378 e. The van der Waals surface area contributed by atoms with Gasteiger partial charge in [-0.05, 0) is 49.8 Å². The van der Waals surface area contributed by atoms with Crippen LogP contribution in [-0.4, -0.2) is 24.8 Å². The molecule has 112 valence electrons. The lowest BCUT2D eigenvalue weighted by Gasteiger charge is -2.34. The van der Waals surface area contributed by atoms with E-state index in [2.05, 4.69) is 26.1 Å². The van der Waals surface area contributed by atoms with Gasteiger partial charge in [0.05, 0.1) is 6.10 Å². The molecule has 0 aliphatic carbocycles. The van der Waals surface area contributed by atoms with Gasteiger partial charge in [0.1, 0.15) is 5.82 Å². The summed E-state index contributed by atoms with van der Waals surface area (Å²) in [6, 6.07) is 7.74. The monoisotopic (exact) mass is 279 g/mol. The second kappa shape index (κ2) is 7.19. The van der Waals surface area contributed by atoms with Crippen LogP contribution in [0, 0.1) is 11.7 Å². The first-order valence-electron chi connectivity index (χ1n) is 7.66. The first-order chi connectivity index (χ1) is 9.54. The molecule has 0 spiro atoms. The van der Waals surface area contributed by atoms with E-state index in [0.717, 1.165) is 25.9 Å². The largest absolute Gasteiger partial charge is 0.378 e. The molecule has 1 N–H and O–H groups in total. The SMILES string of the molecule is CC(Cc1ccc(F)cc1)NC1CCOC(C(C)C)C1. The molecule has 1 heterocycles. The maximum atomic E-state index is 12.9. The second-order valence-electron chi connectivity index (χ2n) is 6.27. The highest BCUT2D eigenvalue weighted by molar-refractivity contribution is 5.17. The Morgan fingerprint density at radius 3 is 2.60 bits per heavy atom. The van der Waals surface area contributed by atoms with E-state index in [1.54, 1.807) is 0 Å². The Balaban J connectivity index is 1.81. The second-order valence-corrected chi connectivity index (χ2v) is 6.27. The van der Waals surface area contributed by atoms with Crippen LogP contribution < -0.4 is 5.32 Å². The molecule has 1 saturated heterocycles. The quantitative estimate of drug-likeness (QED) is 0.890. The summed E-state index contributed by atoms with van der Waals surface area (Å²) in [6.45, 7) is 7.48. The van der Waals surface area contributed by atoms with Crippen molar-refractivity contribution in [1.82, 2.24) is 5.32 Å². The molecular formula is C17H26FNO. The van der Waals surface area contributed by atoms with Crippen LogP contribution in [0.4, 0.5) is 4.39 Å². The lowest BCUT2D eigenvalue weighted by molar-refractivity contribution is -0.0256. The number of hydrogen-bond donors (Lipinski definition) is 1. The van der Waals surface area contributed by atoms with Crippen LogP contribution in [0.1, 0.15) is 39.2 Å². The van der Waals surface area contributed by atoms with Gasteiger partial charge in [0.25, 0.3) is 0 Å². The van der Waals surface area contributed by atoms with Crippen molar-refractivity contribution in [3.8, 4) is 0 Å². The molecule has 0 aromatic heterocycles. The summed E-state index contributed by atoms with van der Waals surface area (Å²) in [5.41, 5.74) is 1.18. The highest BCUT2D eigenvalue weighted by atomic mass is 19.1. The lowest BCUT2D eigenvalue weighted by atomic mass is 9.94. The van der Waals surface area contributed by atoms with Gasteiger partial charge in [0.15, 0.2) is 0 Å². The van der Waals surface area contributed by atoms with Gasteiger partial charge in [-0.1, -0.05) is 26.0 Å². The minimum atomic E-state index is -0.168. The summed E-state index contributed by atoms with van der Waals surface area (Å²) in [5, 5.41) is 3.69. The molecule has 20 heavy (non-hydrogen) atoms. The van der Waals surface area contributed by atoms with Gasteiger partial charge in [-0.25, -0.2) is 4.39 Å². The zero-order valence-electron chi connectivity index (χ0n) is 12.7. The van der Waals surface area contributed by atoms with Gasteiger partial charge in [0.2, 0.25) is 0 Å². The van der Waals surface area contributed by atoms with Gasteiger partial charge in [-0.3, -0.25) is 0 Å². The van der Waals surface area contributed by atoms with Gasteiger partial charge in [0, 0.05) is 18.7 Å². The van der Waals surface area contributed by atoms with E-state index in [1.165, 1.54) is 17.7 Å². The molecule has 3 heteroatoms. The Morgan fingerprint density at radius 2 is 1.95 bits per heavy atom. The molecule has 2 rings (SSSR count). The number of ether oxygens (including phenoxy) is 1. The number of benzene rings is 1. The van der Waals surface area contributed by atoms with E-state index >= 15 is 0 Å². The fraction of sp³-hybridized carbons (Fsp3) is 0.647. The molecular weight excluding hydrogens is 253 g/mol. The van der Waals surface area contributed by atoms with Crippen molar-refractivity contribution in [3.63, 3.8) is 0 Å². The van der Waals surface area contributed by atoms with Crippen molar-refractivity contribution in [1.29, 1.82) is 0 Å². The maximum absolute atomic E-state index is 12.9. The van der Waals surface area contributed by atoms with E-state index in [9.17, 15) is 4.39 Å². The van der Waals surface area contributed by atoms with Gasteiger partial charge >= 0.3 is 0 Å².